The third-order valence-electron chi connectivity index (χ3n) is 6.05. The number of ether oxygens (including phenoxy) is 2. The van der Waals surface area contributed by atoms with Crippen molar-refractivity contribution >= 4 is 22.7 Å². The molecule has 6 heteroatoms. The van der Waals surface area contributed by atoms with Gasteiger partial charge in [-0.15, -0.1) is 0 Å². The molecule has 0 aliphatic rings. The maximum Gasteiger partial charge on any atom is 0.265 e. The number of nitrogens with zero attached hydrogens (tertiary/aromatic N) is 2. The minimum atomic E-state index is -0.350. The molecule has 0 bridgehead atoms. The molecule has 0 saturated heterocycles. The monoisotopic (exact) mass is 476 g/mol. The van der Waals surface area contributed by atoms with Crippen LogP contribution in [-0.2, 0) is 0 Å². The molecular formula is C30H24N2O4. The zero-order valence-corrected chi connectivity index (χ0v) is 19.9. The van der Waals surface area contributed by atoms with Crippen LogP contribution in [0.5, 0.6) is 17.4 Å². The molecule has 0 saturated carbocycles. The first-order valence-corrected chi connectivity index (χ1v) is 11.4. The molecule has 5 rings (SSSR count). The van der Waals surface area contributed by atoms with E-state index in [0.717, 1.165) is 16.8 Å². The molecule has 36 heavy (non-hydrogen) atoms. The highest BCUT2D eigenvalue weighted by Crippen LogP contribution is 2.33. The Bertz CT molecular complexity index is 1640. The first-order chi connectivity index (χ1) is 17.6. The van der Waals surface area contributed by atoms with E-state index in [0.29, 0.717) is 33.5 Å². The Morgan fingerprint density at radius 1 is 0.778 bits per heavy atom. The average molecular weight is 477 g/mol. The number of aromatic hydroxyl groups is 1. The van der Waals surface area contributed by atoms with Gasteiger partial charge in [-0.05, 0) is 29.8 Å². The Labute approximate surface area is 208 Å². The number of methoxy groups -OCH3 is 2. The highest BCUT2D eigenvalue weighted by molar-refractivity contribution is 6.02. The van der Waals surface area contributed by atoms with Crippen molar-refractivity contribution in [1.29, 1.82) is 0 Å². The fraction of sp³-hybridized carbons (Fsp3) is 0.0667. The topological polar surface area (TPSA) is 73.0 Å². The molecule has 6 nitrogen and oxygen atoms in total. The van der Waals surface area contributed by atoms with Crippen molar-refractivity contribution in [3.05, 3.63) is 113 Å². The number of para-hydroxylation sites is 1. The number of hydrogen-bond donors (Lipinski definition) is 1. The molecule has 1 aromatic heterocycles. The number of hydrogen-bond acceptors (Lipinski definition) is 5. The molecule has 0 amide bonds. The minimum absolute atomic E-state index is 0.216. The summed E-state index contributed by atoms with van der Waals surface area (Å²) in [6.45, 7) is 0. The molecule has 0 aliphatic carbocycles. The van der Waals surface area contributed by atoms with Crippen LogP contribution in [0.25, 0.3) is 27.6 Å². The molecule has 1 heterocycles. The van der Waals surface area contributed by atoms with Crippen molar-refractivity contribution in [3.63, 3.8) is 0 Å². The van der Waals surface area contributed by atoms with E-state index >= 15 is 0 Å². The minimum Gasteiger partial charge on any atom is -0.494 e. The summed E-state index contributed by atoms with van der Waals surface area (Å²) >= 11 is 0. The molecule has 0 aliphatic heterocycles. The Balaban J connectivity index is 1.71. The second-order valence-electron chi connectivity index (χ2n) is 8.10. The zero-order chi connectivity index (χ0) is 25.1. The predicted molar refractivity (Wildman–Crippen MR) is 143 cm³/mol. The van der Waals surface area contributed by atoms with E-state index in [-0.39, 0.29) is 11.4 Å². The van der Waals surface area contributed by atoms with Gasteiger partial charge in [0.15, 0.2) is 11.5 Å². The highest BCUT2D eigenvalue weighted by Gasteiger charge is 2.18. The van der Waals surface area contributed by atoms with Crippen molar-refractivity contribution in [2.24, 2.45) is 4.99 Å². The fourth-order valence-electron chi connectivity index (χ4n) is 4.27. The van der Waals surface area contributed by atoms with Gasteiger partial charge in [-0.1, -0.05) is 66.7 Å². The van der Waals surface area contributed by atoms with Crippen molar-refractivity contribution in [1.82, 2.24) is 4.57 Å². The molecule has 5 aromatic rings. The summed E-state index contributed by atoms with van der Waals surface area (Å²) in [5, 5.41) is 12.4. The SMILES string of the molecule is COc1ccc(-n2c(O)c(C=Nc3ccccc3-c3ccccc3)c3ccccc3c2=O)cc1OC. The van der Waals surface area contributed by atoms with E-state index in [1.807, 2.05) is 60.7 Å². The molecule has 0 spiro atoms. The summed E-state index contributed by atoms with van der Waals surface area (Å²) in [6.07, 6.45) is 1.61. The molecule has 178 valence electrons. The van der Waals surface area contributed by atoms with Crippen LogP contribution in [0.3, 0.4) is 0 Å². The maximum absolute atomic E-state index is 13.5. The molecule has 4 aromatic carbocycles. The summed E-state index contributed by atoms with van der Waals surface area (Å²) < 4.78 is 12.0. The van der Waals surface area contributed by atoms with Gasteiger partial charge in [0, 0.05) is 28.6 Å². The summed E-state index contributed by atoms with van der Waals surface area (Å²) in [5.74, 6) is 0.752. The number of fused-ring (bicyclic) bond motifs is 1. The summed E-state index contributed by atoms with van der Waals surface area (Å²) in [4.78, 5) is 18.2. The van der Waals surface area contributed by atoms with E-state index in [1.165, 1.54) is 11.7 Å². The van der Waals surface area contributed by atoms with Gasteiger partial charge in [-0.25, -0.2) is 4.57 Å². The lowest BCUT2D eigenvalue weighted by atomic mass is 10.0. The van der Waals surface area contributed by atoms with Crippen LogP contribution < -0.4 is 15.0 Å². The van der Waals surface area contributed by atoms with Crippen LogP contribution in [0.1, 0.15) is 5.56 Å². The van der Waals surface area contributed by atoms with E-state index in [9.17, 15) is 9.90 Å². The third-order valence-corrected chi connectivity index (χ3v) is 6.05. The quantitative estimate of drug-likeness (QED) is 0.299. The standard InChI is InChI=1S/C30H24N2O4/c1-35-27-17-16-21(18-28(27)36-2)32-29(33)24-14-7-6-13-23(24)25(30(32)34)19-31-26-15-9-8-12-22(26)20-10-4-3-5-11-20/h3-19,34H,1-2H3. The Morgan fingerprint density at radius 3 is 2.19 bits per heavy atom. The molecule has 1 N–H and O–H groups in total. The van der Waals surface area contributed by atoms with Gasteiger partial charge in [0.1, 0.15) is 0 Å². The molecular weight excluding hydrogens is 452 g/mol. The number of benzene rings is 4. The van der Waals surface area contributed by atoms with Crippen molar-refractivity contribution in [3.8, 4) is 34.2 Å². The van der Waals surface area contributed by atoms with Crippen LogP contribution in [0.15, 0.2) is 107 Å². The number of aromatic nitrogens is 1. The third kappa shape index (κ3) is 4.09. The highest BCUT2D eigenvalue weighted by atomic mass is 16.5. The molecule has 0 unspecified atom stereocenters. The zero-order valence-electron chi connectivity index (χ0n) is 19.9. The second-order valence-corrected chi connectivity index (χ2v) is 8.10. The number of pyridine rings is 1. The second kappa shape index (κ2) is 9.80. The Hall–Kier alpha value is -4.84. The van der Waals surface area contributed by atoms with Gasteiger partial charge in [-0.3, -0.25) is 9.79 Å². The fourth-order valence-corrected chi connectivity index (χ4v) is 4.27. The number of rotatable bonds is 6. The van der Waals surface area contributed by atoms with Crippen molar-refractivity contribution in [2.75, 3.05) is 14.2 Å². The first-order valence-electron chi connectivity index (χ1n) is 11.4. The normalized spacial score (nSPS) is 11.2. The number of aliphatic imine (C=N–C) groups is 1. The van der Waals surface area contributed by atoms with Crippen LogP contribution in [0.4, 0.5) is 5.69 Å². The lowest BCUT2D eigenvalue weighted by Gasteiger charge is -2.15. The largest absolute Gasteiger partial charge is 0.494 e. The lowest BCUT2D eigenvalue weighted by molar-refractivity contribution is 0.354. The van der Waals surface area contributed by atoms with Crippen LogP contribution >= 0.6 is 0 Å². The molecule has 0 fully saturated rings. The van der Waals surface area contributed by atoms with E-state index < -0.39 is 0 Å². The lowest BCUT2D eigenvalue weighted by Crippen LogP contribution is -2.20. The van der Waals surface area contributed by atoms with Gasteiger partial charge in [-0.2, -0.15) is 0 Å². The van der Waals surface area contributed by atoms with Gasteiger partial charge < -0.3 is 14.6 Å². The van der Waals surface area contributed by atoms with Gasteiger partial charge in [0.05, 0.1) is 31.2 Å². The maximum atomic E-state index is 13.5. The smallest absolute Gasteiger partial charge is 0.265 e. The Morgan fingerprint density at radius 2 is 1.44 bits per heavy atom. The average Bonchev–Trinajstić information content (AvgIpc) is 2.93. The molecule has 0 atom stereocenters. The van der Waals surface area contributed by atoms with Gasteiger partial charge in [0.25, 0.3) is 5.56 Å². The summed E-state index contributed by atoms with van der Waals surface area (Å²) in [6, 6.07) is 30.0. The van der Waals surface area contributed by atoms with E-state index in [4.69, 9.17) is 14.5 Å². The van der Waals surface area contributed by atoms with Crippen LogP contribution in [0, 0.1) is 0 Å². The summed E-state index contributed by atoms with van der Waals surface area (Å²) in [5.41, 5.74) is 3.28. The van der Waals surface area contributed by atoms with Crippen molar-refractivity contribution < 1.29 is 14.6 Å². The Kier molecular flexibility index (Phi) is 6.24. The predicted octanol–water partition coefficient (Wildman–Crippen LogP) is 6.13. The van der Waals surface area contributed by atoms with Crippen molar-refractivity contribution in [2.45, 2.75) is 0 Å². The van der Waals surface area contributed by atoms with Gasteiger partial charge in [0.2, 0.25) is 5.88 Å². The van der Waals surface area contributed by atoms with E-state index in [1.54, 1.807) is 49.7 Å². The summed E-state index contributed by atoms with van der Waals surface area (Å²) in [7, 11) is 3.06. The van der Waals surface area contributed by atoms with Gasteiger partial charge >= 0.3 is 0 Å². The van der Waals surface area contributed by atoms with Crippen LogP contribution in [-0.4, -0.2) is 30.1 Å². The molecule has 0 radical (unpaired) electrons. The first kappa shape index (κ1) is 22.9. The van der Waals surface area contributed by atoms with Crippen LogP contribution in [0.2, 0.25) is 0 Å². The van der Waals surface area contributed by atoms with E-state index in [2.05, 4.69) is 0 Å².